The summed E-state index contributed by atoms with van der Waals surface area (Å²) in [5.41, 5.74) is 1.32. The molecule has 9 heteroatoms. The lowest BCUT2D eigenvalue weighted by Crippen LogP contribution is -2.26. The highest BCUT2D eigenvalue weighted by Crippen LogP contribution is 2.24. The van der Waals surface area contributed by atoms with E-state index in [1.807, 2.05) is 12.1 Å². The summed E-state index contributed by atoms with van der Waals surface area (Å²) in [6.45, 7) is 0.326. The molecule has 0 aromatic heterocycles. The quantitative estimate of drug-likeness (QED) is 0.511. The Hall–Kier alpha value is -3.59. The van der Waals surface area contributed by atoms with Crippen molar-refractivity contribution in [2.75, 3.05) is 25.5 Å². The lowest BCUT2D eigenvalue weighted by atomic mass is 10.1. The van der Waals surface area contributed by atoms with E-state index in [0.717, 1.165) is 17.7 Å². The lowest BCUT2D eigenvalue weighted by molar-refractivity contribution is 0.0954. The molecule has 0 radical (unpaired) electrons. The van der Waals surface area contributed by atoms with Crippen molar-refractivity contribution in [2.45, 2.75) is 11.3 Å². The minimum atomic E-state index is -3.94. The molecular weight excluding hydrogens is 435 g/mol. The predicted molar refractivity (Wildman–Crippen MR) is 119 cm³/mol. The van der Waals surface area contributed by atoms with Gasteiger partial charge in [0.1, 0.15) is 17.3 Å². The average Bonchev–Trinajstić information content (AvgIpc) is 2.80. The summed E-state index contributed by atoms with van der Waals surface area (Å²) < 4.78 is 51.2. The number of ether oxygens (including phenoxy) is 2. The number of benzene rings is 3. The molecule has 0 aliphatic rings. The fourth-order valence-corrected chi connectivity index (χ4v) is 4.11. The van der Waals surface area contributed by atoms with Gasteiger partial charge in [0, 0.05) is 23.9 Å². The Balaban J connectivity index is 1.65. The van der Waals surface area contributed by atoms with Crippen LogP contribution in [-0.4, -0.2) is 35.1 Å². The molecule has 3 aromatic rings. The predicted octanol–water partition coefficient (Wildman–Crippen LogP) is 3.62. The lowest BCUT2D eigenvalue weighted by Gasteiger charge is -2.12. The fourth-order valence-electron chi connectivity index (χ4n) is 3.01. The van der Waals surface area contributed by atoms with Crippen molar-refractivity contribution in [3.8, 4) is 11.5 Å². The Morgan fingerprint density at radius 2 is 1.72 bits per heavy atom. The van der Waals surface area contributed by atoms with Gasteiger partial charge in [-0.2, -0.15) is 0 Å². The van der Waals surface area contributed by atoms with Crippen LogP contribution in [0.1, 0.15) is 15.9 Å². The molecule has 7 nitrogen and oxygen atoms in total. The van der Waals surface area contributed by atoms with Crippen LogP contribution in [0.2, 0.25) is 0 Å². The van der Waals surface area contributed by atoms with Crippen molar-refractivity contribution in [3.63, 3.8) is 0 Å². The number of carbonyl (C=O) groups excluding carboxylic acids is 1. The molecule has 168 valence electrons. The van der Waals surface area contributed by atoms with Gasteiger partial charge in [0.25, 0.3) is 15.9 Å². The molecule has 0 spiro atoms. The number of nitrogens with one attached hydrogen (secondary N) is 2. The highest BCUT2D eigenvalue weighted by molar-refractivity contribution is 7.92. The first-order chi connectivity index (χ1) is 15.3. The van der Waals surface area contributed by atoms with E-state index < -0.39 is 21.7 Å². The van der Waals surface area contributed by atoms with E-state index in [4.69, 9.17) is 9.47 Å². The number of carbonyl (C=O) groups is 1. The van der Waals surface area contributed by atoms with Gasteiger partial charge in [0.15, 0.2) is 0 Å². The molecule has 3 rings (SSSR count). The van der Waals surface area contributed by atoms with Gasteiger partial charge in [-0.3, -0.25) is 9.52 Å². The molecule has 0 heterocycles. The summed E-state index contributed by atoms with van der Waals surface area (Å²) in [6.07, 6.45) is 0.517. The van der Waals surface area contributed by atoms with Crippen LogP contribution in [0.4, 0.5) is 10.1 Å². The van der Waals surface area contributed by atoms with Crippen LogP contribution in [0.5, 0.6) is 11.5 Å². The zero-order valence-electron chi connectivity index (χ0n) is 17.6. The van der Waals surface area contributed by atoms with E-state index in [9.17, 15) is 17.6 Å². The number of rotatable bonds is 9. The standard InChI is InChI=1S/C23H23FN2O5S/c1-30-20-11-6-16(22(15-20)31-2)12-13-25-23(27)17-4-3-5-21(14-17)32(28,29)26-19-9-7-18(24)8-10-19/h3-11,14-15,26H,12-13H2,1-2H3,(H,25,27). The van der Waals surface area contributed by atoms with E-state index in [2.05, 4.69) is 10.0 Å². The Bertz CT molecular complexity index is 1200. The smallest absolute Gasteiger partial charge is 0.261 e. The van der Waals surface area contributed by atoms with Crippen molar-refractivity contribution in [3.05, 3.63) is 83.7 Å². The maximum absolute atomic E-state index is 13.0. The average molecular weight is 459 g/mol. The van der Waals surface area contributed by atoms with Gasteiger partial charge in [-0.15, -0.1) is 0 Å². The van der Waals surface area contributed by atoms with E-state index in [1.165, 1.54) is 36.4 Å². The number of halogens is 1. The summed E-state index contributed by atoms with van der Waals surface area (Å²) in [5.74, 6) is 0.440. The molecule has 0 unspecified atom stereocenters. The summed E-state index contributed by atoms with van der Waals surface area (Å²) in [5, 5.41) is 2.78. The summed E-state index contributed by atoms with van der Waals surface area (Å²) >= 11 is 0. The SMILES string of the molecule is COc1ccc(CCNC(=O)c2cccc(S(=O)(=O)Nc3ccc(F)cc3)c2)c(OC)c1. The summed E-state index contributed by atoms with van der Waals surface area (Å²) in [6, 6.07) is 16.0. The number of anilines is 1. The molecule has 32 heavy (non-hydrogen) atoms. The topological polar surface area (TPSA) is 93.7 Å². The molecule has 2 N–H and O–H groups in total. The number of hydrogen-bond donors (Lipinski definition) is 2. The highest BCUT2D eigenvalue weighted by Gasteiger charge is 2.17. The zero-order chi connectivity index (χ0) is 23.1. The van der Waals surface area contributed by atoms with Gasteiger partial charge < -0.3 is 14.8 Å². The number of sulfonamides is 1. The van der Waals surface area contributed by atoms with Crippen molar-refractivity contribution in [2.24, 2.45) is 0 Å². The third-order valence-electron chi connectivity index (χ3n) is 4.68. The molecule has 3 aromatic carbocycles. The van der Waals surface area contributed by atoms with Crippen LogP contribution in [0, 0.1) is 5.82 Å². The van der Waals surface area contributed by atoms with Crippen molar-refractivity contribution < 1.29 is 27.1 Å². The van der Waals surface area contributed by atoms with Crippen LogP contribution in [-0.2, 0) is 16.4 Å². The molecule has 0 aliphatic heterocycles. The first kappa shape index (κ1) is 23.1. The molecule has 0 saturated carbocycles. The van der Waals surface area contributed by atoms with E-state index in [1.54, 1.807) is 20.3 Å². The molecule has 0 aliphatic carbocycles. The first-order valence-corrected chi connectivity index (χ1v) is 11.2. The van der Waals surface area contributed by atoms with Crippen LogP contribution in [0.25, 0.3) is 0 Å². The van der Waals surface area contributed by atoms with Gasteiger partial charge in [-0.05, 0) is 60.5 Å². The Kier molecular flexibility index (Phi) is 7.32. The molecule has 0 saturated heterocycles. The van der Waals surface area contributed by atoms with Crippen molar-refractivity contribution in [1.29, 1.82) is 0 Å². The highest BCUT2D eigenvalue weighted by atomic mass is 32.2. The van der Waals surface area contributed by atoms with Crippen LogP contribution >= 0.6 is 0 Å². The molecule has 1 amide bonds. The third kappa shape index (κ3) is 5.76. The maximum atomic E-state index is 13.0. The van der Waals surface area contributed by atoms with Gasteiger partial charge >= 0.3 is 0 Å². The number of amides is 1. The number of methoxy groups -OCH3 is 2. The molecule has 0 atom stereocenters. The molecular formula is C23H23FN2O5S. The van der Waals surface area contributed by atoms with E-state index >= 15 is 0 Å². The van der Waals surface area contributed by atoms with Gasteiger partial charge in [-0.1, -0.05) is 12.1 Å². The third-order valence-corrected chi connectivity index (χ3v) is 6.06. The van der Waals surface area contributed by atoms with E-state index in [-0.39, 0.29) is 16.1 Å². The Morgan fingerprint density at radius 3 is 2.41 bits per heavy atom. The van der Waals surface area contributed by atoms with Gasteiger partial charge in [0.05, 0.1) is 19.1 Å². The van der Waals surface area contributed by atoms with Crippen LogP contribution in [0.15, 0.2) is 71.6 Å². The largest absolute Gasteiger partial charge is 0.497 e. The van der Waals surface area contributed by atoms with Crippen molar-refractivity contribution in [1.82, 2.24) is 5.32 Å². The van der Waals surface area contributed by atoms with Crippen LogP contribution in [0.3, 0.4) is 0 Å². The van der Waals surface area contributed by atoms with E-state index in [0.29, 0.717) is 24.5 Å². The fraction of sp³-hybridized carbons (Fsp3) is 0.174. The first-order valence-electron chi connectivity index (χ1n) is 9.70. The minimum Gasteiger partial charge on any atom is -0.497 e. The van der Waals surface area contributed by atoms with Gasteiger partial charge in [-0.25, -0.2) is 12.8 Å². The second-order valence-electron chi connectivity index (χ2n) is 6.82. The minimum absolute atomic E-state index is 0.0775. The van der Waals surface area contributed by atoms with Gasteiger partial charge in [0.2, 0.25) is 0 Å². The zero-order valence-corrected chi connectivity index (χ0v) is 18.4. The Labute approximate surface area is 186 Å². The maximum Gasteiger partial charge on any atom is 0.261 e. The van der Waals surface area contributed by atoms with Crippen LogP contribution < -0.4 is 19.5 Å². The number of hydrogen-bond acceptors (Lipinski definition) is 5. The molecule has 0 fully saturated rings. The second-order valence-corrected chi connectivity index (χ2v) is 8.51. The molecule has 0 bridgehead atoms. The summed E-state index contributed by atoms with van der Waals surface area (Å²) in [7, 11) is -0.816. The van der Waals surface area contributed by atoms with Crippen molar-refractivity contribution >= 4 is 21.6 Å². The summed E-state index contributed by atoms with van der Waals surface area (Å²) in [4.78, 5) is 12.5. The second kappa shape index (κ2) is 10.1. The Morgan fingerprint density at radius 1 is 0.969 bits per heavy atom. The normalized spacial score (nSPS) is 11.0. The monoisotopic (exact) mass is 458 g/mol.